The zero-order valence-corrected chi connectivity index (χ0v) is 31.4. The van der Waals surface area contributed by atoms with E-state index in [0.717, 1.165) is 25.9 Å². The molecule has 1 aromatic heterocycles. The van der Waals surface area contributed by atoms with E-state index in [4.69, 9.17) is 47.3 Å². The number of carbonyl (C=O) groups excluding carboxylic acids is 3. The molecule has 3 atom stereocenters. The van der Waals surface area contributed by atoms with Gasteiger partial charge >= 0.3 is 18.6 Å². The number of piperidine rings is 3. The first-order valence-electron chi connectivity index (χ1n) is 17.4. The van der Waals surface area contributed by atoms with Gasteiger partial charge in [-0.15, -0.1) is 0 Å². The summed E-state index contributed by atoms with van der Waals surface area (Å²) in [4.78, 5) is 37.8. The Morgan fingerprint density at radius 2 is 1.73 bits per heavy atom. The number of hydrogen-bond acceptors (Lipinski definition) is 11. The van der Waals surface area contributed by atoms with E-state index in [1.54, 1.807) is 30.3 Å². The molecule has 0 spiro atoms. The van der Waals surface area contributed by atoms with Gasteiger partial charge in [-0.2, -0.15) is 8.78 Å². The number of ether oxygens (including phenoxy) is 4. The lowest BCUT2D eigenvalue weighted by Crippen LogP contribution is -2.52. The molecule has 3 aliphatic heterocycles. The van der Waals surface area contributed by atoms with Crippen LogP contribution < -0.4 is 24.6 Å². The van der Waals surface area contributed by atoms with Crippen LogP contribution >= 0.6 is 23.2 Å². The molecule has 3 saturated heterocycles. The molecule has 7 rings (SSSR count). The Kier molecular flexibility index (Phi) is 14.8. The molecule has 56 heavy (non-hydrogen) atoms. The predicted molar refractivity (Wildman–Crippen MR) is 193 cm³/mol. The number of carbonyl (C=O) groups is 3. The first-order chi connectivity index (χ1) is 26.9. The highest BCUT2D eigenvalue weighted by Gasteiger charge is 2.38. The van der Waals surface area contributed by atoms with Crippen LogP contribution in [-0.4, -0.2) is 68.0 Å². The lowest BCUT2D eigenvalue weighted by atomic mass is 9.86. The van der Waals surface area contributed by atoms with Crippen LogP contribution in [0.4, 0.5) is 13.2 Å². The molecule has 2 bridgehead atoms. The fourth-order valence-corrected chi connectivity index (χ4v) is 7.35. The first kappa shape index (κ1) is 42.1. The highest BCUT2D eigenvalue weighted by molar-refractivity contribution is 6.35. The normalized spacial score (nSPS) is 18.2. The quantitative estimate of drug-likeness (QED) is 0.0745. The highest BCUT2D eigenvalue weighted by atomic mass is 35.5. The van der Waals surface area contributed by atoms with Crippen molar-refractivity contribution in [2.45, 2.75) is 50.7 Å². The number of nitrogens with one attached hydrogen (secondary N) is 1. The zero-order valence-electron chi connectivity index (χ0n) is 29.9. The van der Waals surface area contributed by atoms with Crippen LogP contribution in [0, 0.1) is 11.7 Å². The summed E-state index contributed by atoms with van der Waals surface area (Å²) in [5.74, 6) is -1.89. The molecule has 12 nitrogen and oxygen atoms in total. The summed E-state index contributed by atoms with van der Waals surface area (Å²) in [6.45, 7) is -0.938. The van der Waals surface area contributed by atoms with Crippen LogP contribution in [-0.2, 0) is 32.0 Å². The average molecular weight is 821 g/mol. The summed E-state index contributed by atoms with van der Waals surface area (Å²) in [5.41, 5.74) is 1.56. The smallest absolute Gasteiger partial charge is 0.387 e. The molecular weight excluding hydrogens is 782 g/mol. The van der Waals surface area contributed by atoms with Crippen molar-refractivity contribution in [3.8, 4) is 11.5 Å². The number of halogens is 5. The molecule has 1 unspecified atom stereocenters. The lowest BCUT2D eigenvalue weighted by molar-refractivity contribution is -0.904. The maximum absolute atomic E-state index is 15.0. The van der Waals surface area contributed by atoms with E-state index >= 15 is 4.39 Å². The Morgan fingerprint density at radius 1 is 1.04 bits per heavy atom. The second kappa shape index (κ2) is 19.7. The largest absolute Gasteiger partial charge is 0.554 e. The molecule has 3 fully saturated rings. The van der Waals surface area contributed by atoms with Crippen LogP contribution in [0.3, 0.4) is 0 Å². The van der Waals surface area contributed by atoms with Crippen molar-refractivity contribution >= 4 is 41.6 Å². The maximum Gasteiger partial charge on any atom is 0.387 e. The summed E-state index contributed by atoms with van der Waals surface area (Å²) >= 11 is 12.8. The van der Waals surface area contributed by atoms with Gasteiger partial charge in [0.05, 0.1) is 12.7 Å². The molecule has 17 heteroatoms. The molecule has 0 aliphatic carbocycles. The van der Waals surface area contributed by atoms with Crippen LogP contribution in [0.5, 0.6) is 11.5 Å². The Bertz CT molecular complexity index is 1980. The summed E-state index contributed by atoms with van der Waals surface area (Å²) in [5, 5.41) is 21.4. The molecule has 0 saturated carbocycles. The SMILES string of the molecule is COc1cc([C@H](Cc2c(Cl)c[n+](O)cc2Cl)OC(=O)c2cccc(CNC(C(=O)O[C@H]3CN4CCC3CC4)c3ccccc3F)c2)ccc1OC(F)F.O=C[O-]. The van der Waals surface area contributed by atoms with E-state index in [0.29, 0.717) is 28.0 Å². The van der Waals surface area contributed by atoms with E-state index < -0.39 is 43.0 Å². The second-order valence-electron chi connectivity index (χ2n) is 12.9. The van der Waals surface area contributed by atoms with Crippen molar-refractivity contribution in [1.82, 2.24) is 10.2 Å². The van der Waals surface area contributed by atoms with Crippen LogP contribution in [0.1, 0.15) is 57.6 Å². The van der Waals surface area contributed by atoms with Gasteiger partial charge < -0.3 is 28.8 Å². The number of aromatic nitrogens is 1. The third kappa shape index (κ3) is 10.8. The van der Waals surface area contributed by atoms with Crippen molar-refractivity contribution in [3.05, 3.63) is 123 Å². The number of benzene rings is 3. The van der Waals surface area contributed by atoms with Crippen molar-refractivity contribution in [1.29, 1.82) is 0 Å². The second-order valence-corrected chi connectivity index (χ2v) is 13.8. The van der Waals surface area contributed by atoms with Gasteiger partial charge in [-0.25, -0.2) is 14.0 Å². The molecular formula is C39H38Cl2F3N3O9. The minimum absolute atomic E-state index is 0.0354. The summed E-state index contributed by atoms with van der Waals surface area (Å²) in [7, 11) is 1.27. The summed E-state index contributed by atoms with van der Waals surface area (Å²) < 4.78 is 63.5. The number of pyridine rings is 1. The van der Waals surface area contributed by atoms with Crippen molar-refractivity contribution < 1.29 is 61.5 Å². The number of nitrogens with zero attached hydrogens (tertiary/aromatic N) is 2. The van der Waals surface area contributed by atoms with Crippen molar-refractivity contribution in [3.63, 3.8) is 0 Å². The fraction of sp³-hybridized carbons (Fsp3) is 0.333. The molecule has 0 radical (unpaired) electrons. The van der Waals surface area contributed by atoms with Gasteiger partial charge in [-0.3, -0.25) is 15.4 Å². The molecule has 4 aromatic rings. The topological polar surface area (TPSA) is 151 Å². The Morgan fingerprint density at radius 3 is 2.36 bits per heavy atom. The highest BCUT2D eigenvalue weighted by Crippen LogP contribution is 2.36. The van der Waals surface area contributed by atoms with Gasteiger partial charge in [0.2, 0.25) is 12.4 Å². The third-order valence-corrected chi connectivity index (χ3v) is 10.1. The average Bonchev–Trinajstić information content (AvgIpc) is 3.17. The molecule has 4 heterocycles. The van der Waals surface area contributed by atoms with E-state index in [-0.39, 0.29) is 57.7 Å². The number of rotatable bonds is 14. The number of carboxylic acid groups (broad SMARTS) is 1. The monoisotopic (exact) mass is 819 g/mol. The van der Waals surface area contributed by atoms with Crippen LogP contribution in [0.25, 0.3) is 0 Å². The molecule has 3 aliphatic rings. The van der Waals surface area contributed by atoms with E-state index in [1.165, 1.54) is 55.9 Å². The number of methoxy groups -OCH3 is 1. The molecule has 3 aromatic carbocycles. The Hall–Kier alpha value is -5.09. The van der Waals surface area contributed by atoms with Gasteiger partial charge in [-0.1, -0.05) is 59.6 Å². The number of fused-ring (bicyclic) bond motifs is 3. The predicted octanol–water partition coefficient (Wildman–Crippen LogP) is 5.24. The van der Waals surface area contributed by atoms with E-state index in [1.807, 2.05) is 0 Å². The van der Waals surface area contributed by atoms with Crippen molar-refractivity contribution in [2.75, 3.05) is 26.7 Å². The van der Waals surface area contributed by atoms with Crippen molar-refractivity contribution in [2.24, 2.45) is 5.92 Å². The fourth-order valence-electron chi connectivity index (χ4n) is 6.74. The molecule has 0 amide bonds. The molecule has 2 N–H and O–H groups in total. The van der Waals surface area contributed by atoms with Crippen LogP contribution in [0.2, 0.25) is 10.0 Å². The number of esters is 2. The van der Waals surface area contributed by atoms with Gasteiger partial charge in [0.1, 0.15) is 34.1 Å². The minimum atomic E-state index is -3.10. The first-order valence-corrected chi connectivity index (χ1v) is 18.1. The zero-order chi connectivity index (χ0) is 40.4. The lowest BCUT2D eigenvalue weighted by Gasteiger charge is -2.44. The molecule has 298 valence electrons. The van der Waals surface area contributed by atoms with Gasteiger partial charge in [0.25, 0.3) is 0 Å². The maximum atomic E-state index is 15.0. The summed E-state index contributed by atoms with van der Waals surface area (Å²) in [6, 6.07) is 15.5. The number of alkyl halides is 2. The third-order valence-electron chi connectivity index (χ3n) is 9.47. The van der Waals surface area contributed by atoms with Gasteiger partial charge in [0, 0.05) is 41.8 Å². The van der Waals surface area contributed by atoms with Crippen LogP contribution in [0.15, 0.2) is 79.1 Å². The minimum Gasteiger partial charge on any atom is -0.554 e. The summed E-state index contributed by atoms with van der Waals surface area (Å²) in [6.07, 6.45) is 2.88. The van der Waals surface area contributed by atoms with Gasteiger partial charge in [0.15, 0.2) is 11.5 Å². The number of hydrogen-bond donors (Lipinski definition) is 2. The Balaban J connectivity index is 0.00000194. The standard InChI is InChI=1S/C38H37Cl2F3N3O7.CH2O2/c1-50-33-16-24(9-10-31(33)53-38(42)43)32(17-27-28(39)19-46(49)20-29(27)40)51-36(47)25-6-4-5-22(15-25)18-44-35(26-7-2-3-8-30(26)41)37(48)52-34-21-45-13-11-23(34)12-14-45;2-1-3/h2-10,15-16,19-20,23,32,34-35,38,44,49H,11-14,17-18,21H2,1H3;1H,(H,2,3)/q+1;/p-1/t32-,34-,35?;/m0./s1. The van der Waals surface area contributed by atoms with E-state index in [2.05, 4.69) is 15.0 Å². The van der Waals surface area contributed by atoms with E-state index in [9.17, 15) is 23.6 Å². The Labute approximate surface area is 330 Å². The van der Waals surface area contributed by atoms with Gasteiger partial charge in [-0.05, 0) is 73.3 Å².